The number of hydrogen-bond acceptors (Lipinski definition) is 6. The smallest absolute Gasteiger partial charge is 0.257 e. The first kappa shape index (κ1) is 20.8. The van der Waals surface area contributed by atoms with E-state index in [9.17, 15) is 13.2 Å². The molecule has 1 aromatic carbocycles. The summed E-state index contributed by atoms with van der Waals surface area (Å²) in [6, 6.07) is 7.13. The maximum absolute atomic E-state index is 13.4. The zero-order chi connectivity index (χ0) is 21.8. The highest BCUT2D eigenvalue weighted by molar-refractivity contribution is 7.91. The topological polar surface area (TPSA) is 93.5 Å². The van der Waals surface area contributed by atoms with Gasteiger partial charge >= 0.3 is 0 Å². The zero-order valence-corrected chi connectivity index (χ0v) is 18.8. The van der Waals surface area contributed by atoms with Gasteiger partial charge in [-0.3, -0.25) is 4.79 Å². The van der Waals surface area contributed by atoms with Crippen molar-refractivity contribution in [1.82, 2.24) is 14.7 Å². The second kappa shape index (κ2) is 7.79. The molecule has 4 heterocycles. The molecular formula is C21H25ClN4O4S. The molecule has 10 heteroatoms. The highest BCUT2D eigenvalue weighted by Crippen LogP contribution is 2.39. The normalized spacial score (nSPS) is 27.4. The van der Waals surface area contributed by atoms with Gasteiger partial charge in [-0.05, 0) is 38.3 Å². The summed E-state index contributed by atoms with van der Waals surface area (Å²) in [5.74, 6) is 0.0924. The predicted molar refractivity (Wildman–Crippen MR) is 117 cm³/mol. The van der Waals surface area contributed by atoms with Gasteiger partial charge in [0.15, 0.2) is 9.84 Å². The Morgan fingerprint density at radius 3 is 2.81 bits per heavy atom. The summed E-state index contributed by atoms with van der Waals surface area (Å²) in [5, 5.41) is 8.43. The number of halogens is 1. The van der Waals surface area contributed by atoms with Crippen LogP contribution in [0.5, 0.6) is 0 Å². The number of rotatable bonds is 4. The summed E-state index contributed by atoms with van der Waals surface area (Å²) in [6.45, 7) is 3.00. The van der Waals surface area contributed by atoms with E-state index in [4.69, 9.17) is 16.3 Å². The quantitative estimate of drug-likeness (QED) is 0.747. The van der Waals surface area contributed by atoms with Crippen LogP contribution < -0.4 is 5.32 Å². The number of hydrogen-bond donors (Lipinski definition) is 1. The van der Waals surface area contributed by atoms with E-state index in [0.29, 0.717) is 41.5 Å². The van der Waals surface area contributed by atoms with Crippen LogP contribution >= 0.6 is 11.6 Å². The molecule has 1 amide bonds. The number of carbonyl (C=O) groups is 1. The van der Waals surface area contributed by atoms with Crippen molar-refractivity contribution in [3.63, 3.8) is 0 Å². The highest BCUT2D eigenvalue weighted by Gasteiger charge is 2.39. The van der Waals surface area contributed by atoms with Gasteiger partial charge in [0.25, 0.3) is 5.91 Å². The Kier molecular flexibility index (Phi) is 5.22. The standard InChI is InChI=1S/C21H25ClN4O4S/c1-13-18(19(22)26(24-13)14-8-10-31(28,29)12-14)20-23-17-7-3-2-6-16(17)21(27)25(20)11-15-5-4-9-30-15/h2-3,6-7,14-15,20,23H,4-5,8-12H2,1H3/t14-,15+,20-/m1/s1. The Hall–Kier alpha value is -2.10. The fraction of sp³-hybridized carbons (Fsp3) is 0.524. The summed E-state index contributed by atoms with van der Waals surface area (Å²) in [6.07, 6.45) is 1.85. The van der Waals surface area contributed by atoms with Crippen LogP contribution in [0.1, 0.15) is 53.1 Å². The van der Waals surface area contributed by atoms with Crippen molar-refractivity contribution in [2.24, 2.45) is 0 Å². The van der Waals surface area contributed by atoms with Gasteiger partial charge in [-0.25, -0.2) is 13.1 Å². The summed E-state index contributed by atoms with van der Waals surface area (Å²) in [5.41, 5.74) is 2.73. The molecule has 0 unspecified atom stereocenters. The number of fused-ring (bicyclic) bond motifs is 1. The van der Waals surface area contributed by atoms with E-state index in [1.54, 1.807) is 9.58 Å². The number of nitrogens with one attached hydrogen (secondary N) is 1. The van der Waals surface area contributed by atoms with Gasteiger partial charge in [0.2, 0.25) is 0 Å². The maximum atomic E-state index is 13.4. The van der Waals surface area contributed by atoms with E-state index < -0.39 is 16.0 Å². The van der Waals surface area contributed by atoms with Gasteiger partial charge in [0.1, 0.15) is 11.3 Å². The molecule has 3 atom stereocenters. The molecule has 3 aliphatic heterocycles. The van der Waals surface area contributed by atoms with Gasteiger partial charge in [-0.1, -0.05) is 23.7 Å². The fourth-order valence-corrected chi connectivity index (χ4v) is 6.88. The molecule has 8 nitrogen and oxygen atoms in total. The molecule has 0 saturated carbocycles. The number of ether oxygens (including phenoxy) is 1. The van der Waals surface area contributed by atoms with Gasteiger partial charge in [-0.15, -0.1) is 0 Å². The molecule has 2 saturated heterocycles. The lowest BCUT2D eigenvalue weighted by atomic mass is 10.0. The highest BCUT2D eigenvalue weighted by atomic mass is 35.5. The maximum Gasteiger partial charge on any atom is 0.257 e. The average Bonchev–Trinajstić information content (AvgIpc) is 3.44. The van der Waals surface area contributed by atoms with E-state index in [1.165, 1.54) is 0 Å². The Balaban J connectivity index is 1.54. The van der Waals surface area contributed by atoms with E-state index in [-0.39, 0.29) is 29.6 Å². The Bertz CT molecular complexity index is 1130. The summed E-state index contributed by atoms with van der Waals surface area (Å²) >= 11 is 6.79. The Morgan fingerprint density at radius 2 is 2.10 bits per heavy atom. The summed E-state index contributed by atoms with van der Waals surface area (Å²) in [4.78, 5) is 15.2. The van der Waals surface area contributed by atoms with E-state index in [0.717, 1.165) is 18.5 Å². The molecule has 0 bridgehead atoms. The first-order chi connectivity index (χ1) is 14.8. The number of sulfone groups is 1. The molecule has 166 valence electrons. The van der Waals surface area contributed by atoms with Crippen molar-refractivity contribution in [2.45, 2.75) is 44.5 Å². The van der Waals surface area contributed by atoms with Crippen LogP contribution in [0.25, 0.3) is 0 Å². The predicted octanol–water partition coefficient (Wildman–Crippen LogP) is 2.95. The van der Waals surface area contributed by atoms with Crippen molar-refractivity contribution >= 4 is 33.0 Å². The van der Waals surface area contributed by atoms with Crippen LogP contribution in [0, 0.1) is 6.92 Å². The van der Waals surface area contributed by atoms with Crippen LogP contribution in [0.2, 0.25) is 5.15 Å². The third-order valence-corrected chi connectivity index (χ3v) is 8.47. The minimum atomic E-state index is -3.08. The lowest BCUT2D eigenvalue weighted by Crippen LogP contribution is -2.46. The summed E-state index contributed by atoms with van der Waals surface area (Å²) < 4.78 is 31.4. The first-order valence-corrected chi connectivity index (χ1v) is 12.8. The van der Waals surface area contributed by atoms with Crippen LogP contribution in [0.3, 0.4) is 0 Å². The number of carbonyl (C=O) groups excluding carboxylic acids is 1. The molecule has 0 radical (unpaired) electrons. The fourth-order valence-electron chi connectivity index (χ4n) is 4.77. The Labute approximate surface area is 186 Å². The van der Waals surface area contributed by atoms with Gasteiger partial charge in [0, 0.05) is 18.8 Å². The van der Waals surface area contributed by atoms with Crippen molar-refractivity contribution in [3.8, 4) is 0 Å². The number of aryl methyl sites for hydroxylation is 1. The molecule has 31 heavy (non-hydrogen) atoms. The molecule has 2 aromatic rings. The summed E-state index contributed by atoms with van der Waals surface area (Å²) in [7, 11) is -3.08. The SMILES string of the molecule is Cc1nn([C@@H]2CCS(=O)(=O)C2)c(Cl)c1[C@@H]1Nc2ccccc2C(=O)N1C[C@@H]1CCCO1. The zero-order valence-electron chi connectivity index (χ0n) is 17.3. The molecule has 1 aromatic heterocycles. The van der Waals surface area contributed by atoms with Crippen LogP contribution in [-0.2, 0) is 14.6 Å². The molecule has 0 aliphatic carbocycles. The van der Waals surface area contributed by atoms with Crippen LogP contribution in [-0.4, -0.2) is 59.8 Å². The number of anilines is 1. The average molecular weight is 465 g/mol. The number of aromatic nitrogens is 2. The van der Waals surface area contributed by atoms with Crippen molar-refractivity contribution in [1.29, 1.82) is 0 Å². The molecule has 5 rings (SSSR count). The van der Waals surface area contributed by atoms with E-state index >= 15 is 0 Å². The molecule has 0 spiro atoms. The molecular weight excluding hydrogens is 440 g/mol. The number of amides is 1. The third-order valence-electron chi connectivity index (χ3n) is 6.35. The third kappa shape index (κ3) is 3.72. The van der Waals surface area contributed by atoms with Gasteiger partial charge < -0.3 is 15.0 Å². The molecule has 2 fully saturated rings. The first-order valence-electron chi connectivity index (χ1n) is 10.6. The van der Waals surface area contributed by atoms with Crippen molar-refractivity contribution in [3.05, 3.63) is 46.2 Å². The lowest BCUT2D eigenvalue weighted by molar-refractivity contribution is 0.0426. The monoisotopic (exact) mass is 464 g/mol. The number of para-hydroxylation sites is 1. The number of nitrogens with zero attached hydrogens (tertiary/aromatic N) is 3. The van der Waals surface area contributed by atoms with E-state index in [1.807, 2.05) is 31.2 Å². The van der Waals surface area contributed by atoms with E-state index in [2.05, 4.69) is 10.4 Å². The molecule has 1 N–H and O–H groups in total. The van der Waals surface area contributed by atoms with Crippen molar-refractivity contribution in [2.75, 3.05) is 30.0 Å². The largest absolute Gasteiger partial charge is 0.376 e. The van der Waals surface area contributed by atoms with Gasteiger partial charge in [-0.2, -0.15) is 5.10 Å². The minimum Gasteiger partial charge on any atom is -0.376 e. The second-order valence-electron chi connectivity index (χ2n) is 8.48. The van der Waals surface area contributed by atoms with Gasteiger partial charge in [0.05, 0.1) is 40.5 Å². The van der Waals surface area contributed by atoms with Crippen LogP contribution in [0.15, 0.2) is 24.3 Å². The lowest BCUT2D eigenvalue weighted by Gasteiger charge is -2.39. The van der Waals surface area contributed by atoms with Crippen LogP contribution in [0.4, 0.5) is 5.69 Å². The van der Waals surface area contributed by atoms with Crippen molar-refractivity contribution < 1.29 is 17.9 Å². The second-order valence-corrected chi connectivity index (χ2v) is 11.1. The Morgan fingerprint density at radius 1 is 1.29 bits per heavy atom. The number of benzene rings is 1. The molecule has 3 aliphatic rings. The minimum absolute atomic E-state index is 0.0207.